The first-order chi connectivity index (χ1) is 20.2. The molecule has 11 heteroatoms. The van der Waals surface area contributed by atoms with E-state index in [9.17, 15) is 29.4 Å². The molecule has 0 aliphatic carbocycles. The van der Waals surface area contributed by atoms with Crippen LogP contribution in [0, 0.1) is 0 Å². The average Bonchev–Trinajstić information content (AvgIpc) is 3.48. The molecule has 1 fully saturated rings. The number of methoxy groups -OCH3 is 1. The summed E-state index contributed by atoms with van der Waals surface area (Å²) in [5, 5.41) is 22.6. The van der Waals surface area contributed by atoms with Gasteiger partial charge in [-0.25, -0.2) is 14.5 Å². The van der Waals surface area contributed by atoms with Crippen LogP contribution in [-0.4, -0.2) is 69.2 Å². The highest BCUT2D eigenvalue weighted by Crippen LogP contribution is 2.45. The van der Waals surface area contributed by atoms with E-state index in [1.807, 2.05) is 36.4 Å². The summed E-state index contributed by atoms with van der Waals surface area (Å²) in [4.78, 5) is 59.1. The zero-order valence-corrected chi connectivity index (χ0v) is 22.8. The summed E-state index contributed by atoms with van der Waals surface area (Å²) in [5.41, 5.74) is 3.35. The van der Waals surface area contributed by atoms with Crippen LogP contribution in [0.1, 0.15) is 40.1 Å². The summed E-state index contributed by atoms with van der Waals surface area (Å²) in [6, 6.07) is 17.4. The van der Waals surface area contributed by atoms with Crippen LogP contribution in [0.2, 0.25) is 0 Å². The number of nitrogens with zero attached hydrogens (tertiary/aromatic N) is 2. The highest BCUT2D eigenvalue weighted by Gasteiger charge is 2.53. The average molecular weight is 569 g/mol. The van der Waals surface area contributed by atoms with E-state index in [-0.39, 0.29) is 17.7 Å². The van der Waals surface area contributed by atoms with Crippen LogP contribution in [0.4, 0.5) is 10.5 Å². The lowest BCUT2D eigenvalue weighted by Gasteiger charge is -2.36. The fraction of sp³-hybridized carbons (Fsp3) is 0.226. The fourth-order valence-corrected chi connectivity index (χ4v) is 5.90. The Labute approximate surface area is 240 Å². The van der Waals surface area contributed by atoms with Crippen molar-refractivity contribution in [3.63, 3.8) is 0 Å². The number of rotatable bonds is 7. The van der Waals surface area contributed by atoms with Crippen LogP contribution in [0.5, 0.6) is 5.75 Å². The molecule has 3 aromatic carbocycles. The number of nitrogens with one attached hydrogen (secondary N) is 2. The van der Waals surface area contributed by atoms with E-state index in [0.717, 1.165) is 32.6 Å². The van der Waals surface area contributed by atoms with Crippen LogP contribution in [-0.2, 0) is 16.0 Å². The third kappa shape index (κ3) is 4.25. The molecule has 3 heterocycles. The summed E-state index contributed by atoms with van der Waals surface area (Å²) in [6.45, 7) is 1.24. The number of hydrogen-bond acceptors (Lipinski definition) is 6. The number of benzene rings is 3. The lowest BCUT2D eigenvalue weighted by Crippen LogP contribution is -2.48. The molecule has 6 rings (SSSR count). The van der Waals surface area contributed by atoms with Crippen molar-refractivity contribution in [2.24, 2.45) is 0 Å². The zero-order valence-electron chi connectivity index (χ0n) is 22.8. The predicted octanol–water partition coefficient (Wildman–Crippen LogP) is 3.22. The predicted molar refractivity (Wildman–Crippen MR) is 152 cm³/mol. The number of carbonyl (C=O) groups excluding carboxylic acids is 3. The van der Waals surface area contributed by atoms with Crippen LogP contribution in [0.25, 0.3) is 10.9 Å². The van der Waals surface area contributed by atoms with Gasteiger partial charge in [0.25, 0.3) is 11.8 Å². The maximum Gasteiger partial charge on any atom is 0.332 e. The van der Waals surface area contributed by atoms with Gasteiger partial charge in [0.15, 0.2) is 6.04 Å². The van der Waals surface area contributed by atoms with Gasteiger partial charge in [-0.2, -0.15) is 0 Å². The molecule has 4 N–H and O–H groups in total. The SMILES string of the molecule is COc1ccc([C@@H]2c3[nH]c4ccccc4c3C[C@H]3C(=O)N(c4ccccc4C(=O)N[C@@H](C(=O)O)[C@H](C)O)C(=O)N23)cc1. The first-order valence-electron chi connectivity index (χ1n) is 13.4. The molecule has 0 unspecified atom stereocenters. The Morgan fingerprint density at radius 3 is 2.40 bits per heavy atom. The minimum atomic E-state index is -1.58. The summed E-state index contributed by atoms with van der Waals surface area (Å²) in [6.07, 6.45) is -1.11. The number of para-hydroxylation sites is 2. The Hall–Kier alpha value is -5.16. The van der Waals surface area contributed by atoms with E-state index in [0.29, 0.717) is 5.75 Å². The van der Waals surface area contributed by atoms with Crippen LogP contribution in [0.3, 0.4) is 0 Å². The molecule has 0 bridgehead atoms. The zero-order chi connectivity index (χ0) is 29.7. The van der Waals surface area contributed by atoms with Crippen LogP contribution < -0.4 is 15.0 Å². The Balaban J connectivity index is 1.44. The monoisotopic (exact) mass is 568 g/mol. The molecule has 214 valence electrons. The smallest absolute Gasteiger partial charge is 0.332 e. The molecule has 2 aliphatic rings. The number of imide groups is 1. The van der Waals surface area contributed by atoms with Gasteiger partial charge in [0.2, 0.25) is 0 Å². The minimum absolute atomic E-state index is 0.0242. The third-order valence-corrected chi connectivity index (χ3v) is 7.91. The van der Waals surface area contributed by atoms with E-state index in [1.54, 1.807) is 31.4 Å². The second-order valence-electron chi connectivity index (χ2n) is 10.4. The fourth-order valence-electron chi connectivity index (χ4n) is 5.90. The van der Waals surface area contributed by atoms with Crippen molar-refractivity contribution in [2.75, 3.05) is 12.0 Å². The number of aromatic nitrogens is 1. The van der Waals surface area contributed by atoms with Crippen molar-refractivity contribution in [1.82, 2.24) is 15.2 Å². The number of ether oxygens (including phenoxy) is 1. The number of H-pyrrole nitrogens is 1. The lowest BCUT2D eigenvalue weighted by molar-refractivity contribution is -0.141. The molecule has 4 atom stereocenters. The summed E-state index contributed by atoms with van der Waals surface area (Å²) in [7, 11) is 1.56. The number of urea groups is 1. The summed E-state index contributed by atoms with van der Waals surface area (Å²) < 4.78 is 5.33. The standard InChI is InChI=1S/C31H28N4O7/c1-16(36)25(30(39)40)33-28(37)20-8-4-6-10-23(20)35-29(38)24-15-21-19-7-3-5-9-22(19)32-26(21)27(34(24)31(35)41)17-11-13-18(42-2)14-12-17/h3-14,16,24-25,27,32,36H,15H2,1-2H3,(H,33,37)(H,39,40)/t16-,24-,25+,27+/m0/s1. The number of aromatic amines is 1. The number of aliphatic hydroxyl groups excluding tert-OH is 1. The largest absolute Gasteiger partial charge is 0.497 e. The molecule has 42 heavy (non-hydrogen) atoms. The second kappa shape index (κ2) is 10.3. The molecule has 0 saturated carbocycles. The Kier molecular flexibility index (Phi) is 6.66. The number of carbonyl (C=O) groups is 4. The Morgan fingerprint density at radius 1 is 1.02 bits per heavy atom. The first kappa shape index (κ1) is 27.0. The number of aliphatic hydroxyl groups is 1. The topological polar surface area (TPSA) is 152 Å². The highest BCUT2D eigenvalue weighted by atomic mass is 16.5. The van der Waals surface area contributed by atoms with E-state index in [2.05, 4.69) is 10.3 Å². The van der Waals surface area contributed by atoms with Gasteiger partial charge in [-0.05, 0) is 48.4 Å². The number of carboxylic acids is 1. The molecule has 1 aromatic heterocycles. The molecule has 4 amide bonds. The molecule has 2 aliphatic heterocycles. The minimum Gasteiger partial charge on any atom is -0.497 e. The van der Waals surface area contributed by atoms with Gasteiger partial charge in [0.05, 0.1) is 24.5 Å². The second-order valence-corrected chi connectivity index (χ2v) is 10.4. The van der Waals surface area contributed by atoms with Crippen molar-refractivity contribution < 1.29 is 34.1 Å². The van der Waals surface area contributed by atoms with Crippen molar-refractivity contribution in [2.45, 2.75) is 37.6 Å². The van der Waals surface area contributed by atoms with E-state index < -0.39 is 48.0 Å². The molecular formula is C31H28N4O7. The number of hydrogen-bond donors (Lipinski definition) is 4. The Bertz CT molecular complexity index is 1730. The van der Waals surface area contributed by atoms with E-state index in [1.165, 1.54) is 24.0 Å². The van der Waals surface area contributed by atoms with Gasteiger partial charge in [0.1, 0.15) is 17.8 Å². The molecule has 11 nitrogen and oxygen atoms in total. The van der Waals surface area contributed by atoms with Gasteiger partial charge < -0.3 is 25.3 Å². The summed E-state index contributed by atoms with van der Waals surface area (Å²) >= 11 is 0. The van der Waals surface area contributed by atoms with Crippen LogP contribution in [0.15, 0.2) is 72.8 Å². The first-order valence-corrected chi connectivity index (χ1v) is 13.4. The molecule has 1 saturated heterocycles. The third-order valence-electron chi connectivity index (χ3n) is 7.91. The molecule has 0 spiro atoms. The Morgan fingerprint density at radius 2 is 1.71 bits per heavy atom. The van der Waals surface area contributed by atoms with E-state index in [4.69, 9.17) is 4.74 Å². The van der Waals surface area contributed by atoms with Crippen molar-refractivity contribution in [3.05, 3.63) is 95.2 Å². The van der Waals surface area contributed by atoms with Crippen molar-refractivity contribution >= 4 is 40.4 Å². The highest BCUT2D eigenvalue weighted by molar-refractivity contribution is 6.24. The van der Waals surface area contributed by atoms with Crippen molar-refractivity contribution in [1.29, 1.82) is 0 Å². The maximum absolute atomic E-state index is 14.2. The van der Waals surface area contributed by atoms with Gasteiger partial charge in [-0.1, -0.05) is 42.5 Å². The number of fused-ring (bicyclic) bond motifs is 4. The normalized spacial score (nSPS) is 19.3. The summed E-state index contributed by atoms with van der Waals surface area (Å²) in [5.74, 6) is -2.12. The van der Waals surface area contributed by atoms with Gasteiger partial charge >= 0.3 is 12.0 Å². The molecular weight excluding hydrogens is 540 g/mol. The van der Waals surface area contributed by atoms with Gasteiger partial charge in [-0.3, -0.25) is 14.5 Å². The van der Waals surface area contributed by atoms with Crippen LogP contribution >= 0.6 is 0 Å². The van der Waals surface area contributed by atoms with Crippen molar-refractivity contribution in [3.8, 4) is 5.75 Å². The van der Waals surface area contributed by atoms with Gasteiger partial charge in [0, 0.05) is 23.0 Å². The molecule has 4 aromatic rings. The quantitative estimate of drug-likeness (QED) is 0.250. The van der Waals surface area contributed by atoms with Gasteiger partial charge in [-0.15, -0.1) is 0 Å². The number of amides is 4. The number of anilines is 1. The van der Waals surface area contributed by atoms with E-state index >= 15 is 0 Å². The number of carboxylic acid groups (broad SMARTS) is 1. The molecule has 0 radical (unpaired) electrons. The number of aliphatic carboxylic acids is 1. The lowest BCUT2D eigenvalue weighted by atomic mass is 9.89. The maximum atomic E-state index is 14.2.